The summed E-state index contributed by atoms with van der Waals surface area (Å²) < 4.78 is 2.03. The molecule has 2 aliphatic rings. The number of benzene rings is 1. The molecule has 0 radical (unpaired) electrons. The number of nitrogens with zero attached hydrogens (tertiary/aromatic N) is 4. The highest BCUT2D eigenvalue weighted by atomic mass is 16.2. The van der Waals surface area contributed by atoms with Crippen LogP contribution in [0.5, 0.6) is 0 Å². The van der Waals surface area contributed by atoms with Gasteiger partial charge >= 0.3 is 0 Å². The quantitative estimate of drug-likeness (QED) is 0.801. The number of rotatable bonds is 6. The molecule has 138 valence electrons. The number of carbonyl (C=O) groups excluding carboxylic acids is 1. The zero-order valence-electron chi connectivity index (χ0n) is 15.4. The molecule has 0 N–H and O–H groups in total. The van der Waals surface area contributed by atoms with Gasteiger partial charge in [0.05, 0.1) is 6.33 Å². The largest absolute Gasteiger partial charge is 0.343 e. The van der Waals surface area contributed by atoms with E-state index < -0.39 is 0 Å². The number of hydrogen-bond donors (Lipinski definition) is 0. The van der Waals surface area contributed by atoms with Crippen molar-refractivity contribution in [2.24, 2.45) is 0 Å². The fourth-order valence-corrected chi connectivity index (χ4v) is 4.26. The Balaban J connectivity index is 1.36. The first-order valence-corrected chi connectivity index (χ1v) is 9.89. The van der Waals surface area contributed by atoms with Crippen LogP contribution in [0.3, 0.4) is 0 Å². The standard InChI is InChI=1S/C21H28N4O/c26-21-5-3-13-23(21)14-10-19-4-1-2-12-24(19)16-18-6-8-20(9-7-18)25-15-11-22-17-25/h6-9,11,15,17,19H,1-5,10,12-14,16H2. The Morgan fingerprint density at radius 2 is 1.96 bits per heavy atom. The number of hydrogen-bond acceptors (Lipinski definition) is 3. The minimum atomic E-state index is 0.349. The summed E-state index contributed by atoms with van der Waals surface area (Å²) in [5.41, 5.74) is 2.51. The predicted molar refractivity (Wildman–Crippen MR) is 102 cm³/mol. The summed E-state index contributed by atoms with van der Waals surface area (Å²) >= 11 is 0. The van der Waals surface area contributed by atoms with Gasteiger partial charge in [0.1, 0.15) is 0 Å². The van der Waals surface area contributed by atoms with E-state index in [-0.39, 0.29) is 0 Å². The molecule has 2 saturated heterocycles. The van der Waals surface area contributed by atoms with Crippen molar-refractivity contribution in [1.29, 1.82) is 0 Å². The van der Waals surface area contributed by atoms with Crippen LogP contribution in [0.15, 0.2) is 43.0 Å². The molecule has 1 amide bonds. The van der Waals surface area contributed by atoms with Gasteiger partial charge in [0.2, 0.25) is 5.91 Å². The summed E-state index contributed by atoms with van der Waals surface area (Å²) in [5.74, 6) is 0.349. The lowest BCUT2D eigenvalue weighted by Crippen LogP contribution is -2.41. The molecule has 1 atom stereocenters. The molecular weight excluding hydrogens is 324 g/mol. The summed E-state index contributed by atoms with van der Waals surface area (Å²) in [6, 6.07) is 9.39. The van der Waals surface area contributed by atoms with Gasteiger partial charge in [-0.25, -0.2) is 4.98 Å². The smallest absolute Gasteiger partial charge is 0.222 e. The molecular formula is C21H28N4O. The van der Waals surface area contributed by atoms with E-state index in [2.05, 4.69) is 39.0 Å². The summed E-state index contributed by atoms with van der Waals surface area (Å²) in [6.07, 6.45) is 12.4. The third-order valence-electron chi connectivity index (χ3n) is 5.78. The molecule has 2 fully saturated rings. The Morgan fingerprint density at radius 3 is 2.69 bits per heavy atom. The van der Waals surface area contributed by atoms with Crippen molar-refractivity contribution >= 4 is 5.91 Å². The molecule has 26 heavy (non-hydrogen) atoms. The Labute approximate surface area is 155 Å². The fourth-order valence-electron chi connectivity index (χ4n) is 4.26. The zero-order valence-corrected chi connectivity index (χ0v) is 15.4. The molecule has 2 aliphatic heterocycles. The molecule has 0 aliphatic carbocycles. The topological polar surface area (TPSA) is 41.4 Å². The van der Waals surface area contributed by atoms with Gasteiger partial charge in [-0.3, -0.25) is 9.69 Å². The van der Waals surface area contributed by atoms with Gasteiger partial charge in [-0.1, -0.05) is 18.6 Å². The lowest BCUT2D eigenvalue weighted by molar-refractivity contribution is -0.127. The molecule has 0 spiro atoms. The summed E-state index contributed by atoms with van der Waals surface area (Å²) in [5, 5.41) is 0. The lowest BCUT2D eigenvalue weighted by atomic mass is 9.98. The van der Waals surface area contributed by atoms with Gasteiger partial charge in [-0.05, 0) is 49.9 Å². The molecule has 0 bridgehead atoms. The Hall–Kier alpha value is -2.14. The maximum absolute atomic E-state index is 11.9. The number of imidazole rings is 1. The Bertz CT molecular complexity index is 710. The molecule has 0 saturated carbocycles. The van der Waals surface area contributed by atoms with E-state index in [4.69, 9.17) is 0 Å². The van der Waals surface area contributed by atoms with Crippen molar-refractivity contribution in [3.05, 3.63) is 48.5 Å². The maximum Gasteiger partial charge on any atom is 0.222 e. The Morgan fingerprint density at radius 1 is 1.08 bits per heavy atom. The van der Waals surface area contributed by atoms with Gasteiger partial charge in [0.15, 0.2) is 0 Å². The van der Waals surface area contributed by atoms with Gasteiger partial charge in [-0.15, -0.1) is 0 Å². The van der Waals surface area contributed by atoms with Crippen molar-refractivity contribution in [1.82, 2.24) is 19.4 Å². The summed E-state index contributed by atoms with van der Waals surface area (Å²) in [6.45, 7) is 4.06. The SMILES string of the molecule is O=C1CCCN1CCC1CCCCN1Cc1ccc(-n2ccnc2)cc1. The minimum absolute atomic E-state index is 0.349. The van der Waals surface area contributed by atoms with Gasteiger partial charge in [0, 0.05) is 50.2 Å². The van der Waals surface area contributed by atoms with Crippen LogP contribution < -0.4 is 0 Å². The fraction of sp³-hybridized carbons (Fsp3) is 0.524. The highest BCUT2D eigenvalue weighted by Crippen LogP contribution is 2.23. The minimum Gasteiger partial charge on any atom is -0.343 e. The van der Waals surface area contributed by atoms with E-state index in [1.807, 2.05) is 17.1 Å². The van der Waals surface area contributed by atoms with E-state index >= 15 is 0 Å². The Kier molecular flexibility index (Phi) is 5.34. The molecule has 4 rings (SSSR count). The first kappa shape index (κ1) is 17.3. The monoisotopic (exact) mass is 352 g/mol. The van der Waals surface area contributed by atoms with E-state index in [0.29, 0.717) is 11.9 Å². The van der Waals surface area contributed by atoms with Crippen LogP contribution in [0.2, 0.25) is 0 Å². The number of aromatic nitrogens is 2. The first-order valence-electron chi connectivity index (χ1n) is 9.89. The van der Waals surface area contributed by atoms with Crippen molar-refractivity contribution in [2.45, 2.75) is 51.1 Å². The summed E-state index contributed by atoms with van der Waals surface area (Å²) in [7, 11) is 0. The molecule has 5 heteroatoms. The van der Waals surface area contributed by atoms with Crippen LogP contribution in [0.1, 0.15) is 44.1 Å². The van der Waals surface area contributed by atoms with Crippen LogP contribution in [0.25, 0.3) is 5.69 Å². The van der Waals surface area contributed by atoms with E-state index in [9.17, 15) is 4.79 Å². The second-order valence-electron chi connectivity index (χ2n) is 7.53. The molecule has 5 nitrogen and oxygen atoms in total. The second kappa shape index (κ2) is 8.04. The van der Waals surface area contributed by atoms with E-state index in [0.717, 1.165) is 44.6 Å². The van der Waals surface area contributed by atoms with Crippen LogP contribution in [0.4, 0.5) is 0 Å². The van der Waals surface area contributed by atoms with Gasteiger partial charge in [0.25, 0.3) is 0 Å². The molecule has 1 aromatic carbocycles. The number of amides is 1. The van der Waals surface area contributed by atoms with Gasteiger partial charge < -0.3 is 9.47 Å². The maximum atomic E-state index is 11.9. The normalized spacial score (nSPS) is 21.5. The van der Waals surface area contributed by atoms with Crippen LogP contribution >= 0.6 is 0 Å². The van der Waals surface area contributed by atoms with Crippen molar-refractivity contribution in [2.75, 3.05) is 19.6 Å². The van der Waals surface area contributed by atoms with E-state index in [1.165, 1.54) is 31.4 Å². The van der Waals surface area contributed by atoms with Crippen LogP contribution in [-0.2, 0) is 11.3 Å². The second-order valence-corrected chi connectivity index (χ2v) is 7.53. The molecule has 2 aromatic rings. The average Bonchev–Trinajstić information content (AvgIpc) is 3.34. The van der Waals surface area contributed by atoms with E-state index in [1.54, 1.807) is 6.20 Å². The van der Waals surface area contributed by atoms with Gasteiger partial charge in [-0.2, -0.15) is 0 Å². The first-order chi connectivity index (χ1) is 12.8. The number of piperidine rings is 1. The van der Waals surface area contributed by atoms with Crippen LogP contribution in [-0.4, -0.2) is 50.9 Å². The number of likely N-dealkylation sites (tertiary alicyclic amines) is 2. The zero-order chi connectivity index (χ0) is 17.8. The average molecular weight is 352 g/mol. The number of carbonyl (C=O) groups is 1. The van der Waals surface area contributed by atoms with Crippen molar-refractivity contribution < 1.29 is 4.79 Å². The lowest BCUT2D eigenvalue weighted by Gasteiger charge is -2.36. The van der Waals surface area contributed by atoms with Crippen LogP contribution in [0, 0.1) is 0 Å². The molecule has 3 heterocycles. The van der Waals surface area contributed by atoms with Crippen molar-refractivity contribution in [3.8, 4) is 5.69 Å². The highest BCUT2D eigenvalue weighted by molar-refractivity contribution is 5.78. The predicted octanol–water partition coefficient (Wildman–Crippen LogP) is 3.24. The highest BCUT2D eigenvalue weighted by Gasteiger charge is 2.25. The van der Waals surface area contributed by atoms with Crippen molar-refractivity contribution in [3.63, 3.8) is 0 Å². The molecule has 1 unspecified atom stereocenters. The third-order valence-corrected chi connectivity index (χ3v) is 5.78. The summed E-state index contributed by atoms with van der Waals surface area (Å²) in [4.78, 5) is 20.6. The third kappa shape index (κ3) is 3.98. The molecule has 1 aromatic heterocycles.